The van der Waals surface area contributed by atoms with Crippen LogP contribution in [0.2, 0.25) is 5.02 Å². The second-order valence-electron chi connectivity index (χ2n) is 5.12. The number of nitrogens with zero attached hydrogens (tertiary/aromatic N) is 4. The molecule has 0 amide bonds. The quantitative estimate of drug-likeness (QED) is 0.271. The van der Waals surface area contributed by atoms with Crippen molar-refractivity contribution in [2.45, 2.75) is 0 Å². The number of halogens is 1. The lowest BCUT2D eigenvalue weighted by atomic mass is 10.1. The van der Waals surface area contributed by atoms with Gasteiger partial charge in [-0.1, -0.05) is 11.6 Å². The number of fused-ring (bicyclic) bond motifs is 4. The number of hydrogen-bond acceptors (Lipinski definition) is 5. The van der Waals surface area contributed by atoms with Crippen LogP contribution in [0.3, 0.4) is 0 Å². The number of rotatable bonds is 1. The summed E-state index contributed by atoms with van der Waals surface area (Å²) < 4.78 is 1.47. The van der Waals surface area contributed by atoms with Gasteiger partial charge < -0.3 is 5.73 Å². The zero-order valence-corrected chi connectivity index (χ0v) is 12.9. The lowest BCUT2D eigenvalue weighted by molar-refractivity contribution is 0.951. The molecule has 0 fully saturated rings. The minimum atomic E-state index is -0.325. The molecule has 1 aromatic carbocycles. The summed E-state index contributed by atoms with van der Waals surface area (Å²) in [6.45, 7) is 0. The Morgan fingerprint density at radius 3 is 3.00 bits per heavy atom. The standard InChI is InChI=1S/C15H10ClN7O/c16-7-1-2-11-9(5-7)12(21-22-15(17)18)13-20-10-6-19-4-3-8(10)14(24)23(11)13/h1-6H,(H4,17,18,22). The molecule has 4 N–H and O–H groups in total. The normalized spacial score (nSPS) is 13.8. The molecule has 0 bridgehead atoms. The lowest BCUT2D eigenvalue weighted by Gasteiger charge is -2.05. The van der Waals surface area contributed by atoms with Gasteiger partial charge in [-0.15, -0.1) is 0 Å². The van der Waals surface area contributed by atoms with Crippen LogP contribution in [0.1, 0.15) is 11.4 Å². The molecule has 8 nitrogen and oxygen atoms in total. The van der Waals surface area contributed by atoms with E-state index in [-0.39, 0.29) is 11.5 Å². The minimum Gasteiger partial charge on any atom is -0.369 e. The van der Waals surface area contributed by atoms with Gasteiger partial charge in [0.15, 0.2) is 5.82 Å². The van der Waals surface area contributed by atoms with Gasteiger partial charge in [0.2, 0.25) is 5.96 Å². The monoisotopic (exact) mass is 339 g/mol. The average Bonchev–Trinajstić information content (AvgIpc) is 2.86. The molecule has 0 atom stereocenters. The van der Waals surface area contributed by atoms with Gasteiger partial charge in [-0.2, -0.15) is 5.10 Å². The van der Waals surface area contributed by atoms with Crippen molar-refractivity contribution in [3.8, 4) is 5.69 Å². The number of benzene rings is 1. The SMILES string of the molecule is N=C(N)NN=C1c2cc(Cl)ccc2-n2c1nc1cnccc1c2=O. The van der Waals surface area contributed by atoms with E-state index in [9.17, 15) is 4.79 Å². The third-order valence-corrected chi connectivity index (χ3v) is 3.86. The second-order valence-corrected chi connectivity index (χ2v) is 5.55. The molecule has 2 aromatic heterocycles. The van der Waals surface area contributed by atoms with E-state index in [0.717, 1.165) is 0 Å². The van der Waals surface area contributed by atoms with Gasteiger partial charge in [-0.3, -0.25) is 19.8 Å². The molecule has 3 aromatic rings. The summed E-state index contributed by atoms with van der Waals surface area (Å²) in [5.74, 6) is 0.0147. The Morgan fingerprint density at radius 2 is 2.21 bits per heavy atom. The summed E-state index contributed by atoms with van der Waals surface area (Å²) in [6, 6.07) is 6.73. The fourth-order valence-corrected chi connectivity index (χ4v) is 2.83. The van der Waals surface area contributed by atoms with Crippen LogP contribution in [0.5, 0.6) is 0 Å². The van der Waals surface area contributed by atoms with Crippen LogP contribution in [0, 0.1) is 5.41 Å². The number of hydrogen-bond donors (Lipinski definition) is 3. The summed E-state index contributed by atoms with van der Waals surface area (Å²) >= 11 is 6.08. The van der Waals surface area contributed by atoms with E-state index >= 15 is 0 Å². The largest absolute Gasteiger partial charge is 0.369 e. The molecule has 3 heterocycles. The van der Waals surface area contributed by atoms with E-state index in [4.69, 9.17) is 22.7 Å². The maximum atomic E-state index is 12.9. The van der Waals surface area contributed by atoms with E-state index in [0.29, 0.717) is 38.7 Å². The Balaban J connectivity index is 2.10. The summed E-state index contributed by atoms with van der Waals surface area (Å²) in [4.78, 5) is 21.4. The van der Waals surface area contributed by atoms with Crippen LogP contribution in [0.4, 0.5) is 0 Å². The van der Waals surface area contributed by atoms with Crippen molar-refractivity contribution in [2.75, 3.05) is 0 Å². The molecule has 0 saturated heterocycles. The van der Waals surface area contributed by atoms with Crippen molar-refractivity contribution >= 4 is 34.2 Å². The molecule has 0 aliphatic carbocycles. The van der Waals surface area contributed by atoms with Crippen molar-refractivity contribution in [1.29, 1.82) is 5.41 Å². The molecular formula is C15H10ClN7O. The third-order valence-electron chi connectivity index (χ3n) is 3.63. The highest BCUT2D eigenvalue weighted by molar-refractivity contribution is 6.31. The fraction of sp³-hybridized carbons (Fsp3) is 0. The van der Waals surface area contributed by atoms with Gasteiger partial charge in [0, 0.05) is 16.8 Å². The van der Waals surface area contributed by atoms with Gasteiger partial charge in [-0.25, -0.2) is 10.4 Å². The summed E-state index contributed by atoms with van der Waals surface area (Å²) in [5.41, 5.74) is 9.55. The highest BCUT2D eigenvalue weighted by Gasteiger charge is 2.29. The van der Waals surface area contributed by atoms with Crippen LogP contribution in [0.25, 0.3) is 16.6 Å². The predicted octanol–water partition coefficient (Wildman–Crippen LogP) is 0.983. The zero-order chi connectivity index (χ0) is 16.8. The number of pyridine rings is 1. The molecule has 24 heavy (non-hydrogen) atoms. The van der Waals surface area contributed by atoms with E-state index < -0.39 is 0 Å². The Morgan fingerprint density at radius 1 is 1.38 bits per heavy atom. The molecule has 0 unspecified atom stereocenters. The topological polar surface area (TPSA) is 122 Å². The van der Waals surface area contributed by atoms with E-state index in [1.807, 2.05) is 0 Å². The molecule has 9 heteroatoms. The minimum absolute atomic E-state index is 0.228. The summed E-state index contributed by atoms with van der Waals surface area (Å²) in [5, 5.41) is 12.3. The fourth-order valence-electron chi connectivity index (χ4n) is 2.66. The van der Waals surface area contributed by atoms with Crippen molar-refractivity contribution in [3.63, 3.8) is 0 Å². The van der Waals surface area contributed by atoms with Crippen molar-refractivity contribution < 1.29 is 0 Å². The molecular weight excluding hydrogens is 330 g/mol. The Hall–Kier alpha value is -3.26. The first-order valence-electron chi connectivity index (χ1n) is 6.91. The Bertz CT molecular complexity index is 1100. The molecule has 118 valence electrons. The molecule has 0 radical (unpaired) electrons. The number of nitrogens with two attached hydrogens (primary N) is 1. The Labute approximate surface area is 140 Å². The predicted molar refractivity (Wildman–Crippen MR) is 90.8 cm³/mol. The molecule has 0 saturated carbocycles. The first-order valence-corrected chi connectivity index (χ1v) is 7.29. The lowest BCUT2D eigenvalue weighted by Crippen LogP contribution is -2.27. The van der Waals surface area contributed by atoms with E-state index in [1.54, 1.807) is 30.5 Å². The van der Waals surface area contributed by atoms with Crippen LogP contribution in [0.15, 0.2) is 46.6 Å². The number of guanidine groups is 1. The van der Waals surface area contributed by atoms with Gasteiger partial charge in [-0.05, 0) is 24.3 Å². The highest BCUT2D eigenvalue weighted by atomic mass is 35.5. The van der Waals surface area contributed by atoms with Gasteiger partial charge in [0.1, 0.15) is 5.71 Å². The molecule has 0 spiro atoms. The van der Waals surface area contributed by atoms with Crippen LogP contribution in [-0.2, 0) is 0 Å². The summed E-state index contributed by atoms with van der Waals surface area (Å²) in [6.07, 6.45) is 3.06. The highest BCUT2D eigenvalue weighted by Crippen LogP contribution is 2.29. The van der Waals surface area contributed by atoms with Crippen molar-refractivity contribution in [1.82, 2.24) is 20.0 Å². The summed E-state index contributed by atoms with van der Waals surface area (Å²) in [7, 11) is 0. The van der Waals surface area contributed by atoms with Crippen LogP contribution < -0.4 is 16.7 Å². The third kappa shape index (κ3) is 2.04. The molecule has 1 aliphatic heterocycles. The first-order chi connectivity index (χ1) is 11.6. The molecule has 1 aliphatic rings. The number of aromatic nitrogens is 3. The first kappa shape index (κ1) is 14.3. The zero-order valence-electron chi connectivity index (χ0n) is 12.1. The number of nitrogens with one attached hydrogen (secondary N) is 2. The molecule has 4 rings (SSSR count). The van der Waals surface area contributed by atoms with Crippen molar-refractivity contribution in [3.05, 3.63) is 63.4 Å². The van der Waals surface area contributed by atoms with Crippen molar-refractivity contribution in [2.24, 2.45) is 10.8 Å². The van der Waals surface area contributed by atoms with E-state index in [1.165, 1.54) is 10.8 Å². The Kier molecular flexibility index (Phi) is 3.07. The maximum Gasteiger partial charge on any atom is 0.266 e. The maximum absolute atomic E-state index is 12.9. The van der Waals surface area contributed by atoms with Gasteiger partial charge >= 0.3 is 0 Å². The van der Waals surface area contributed by atoms with Gasteiger partial charge in [0.25, 0.3) is 5.56 Å². The van der Waals surface area contributed by atoms with Gasteiger partial charge in [0.05, 0.1) is 22.8 Å². The average molecular weight is 340 g/mol. The van der Waals surface area contributed by atoms with Crippen LogP contribution >= 0.6 is 11.6 Å². The number of hydrazone groups is 1. The van der Waals surface area contributed by atoms with Crippen LogP contribution in [-0.4, -0.2) is 26.2 Å². The second kappa shape index (κ2) is 5.14. The smallest absolute Gasteiger partial charge is 0.266 e. The van der Waals surface area contributed by atoms with E-state index in [2.05, 4.69) is 20.5 Å².